The Morgan fingerprint density at radius 2 is 1.77 bits per heavy atom. The molecule has 2 amide bonds. The lowest BCUT2D eigenvalue weighted by molar-refractivity contribution is -0.121. The summed E-state index contributed by atoms with van der Waals surface area (Å²) in [4.78, 5) is 38.1. The van der Waals surface area contributed by atoms with Gasteiger partial charge in [-0.2, -0.15) is 15.5 Å². The number of hydrazine groups is 1. The third-order valence-electron chi connectivity index (χ3n) is 5.94. The smallest absolute Gasteiger partial charge is 0.273 e. The lowest BCUT2D eigenvalue weighted by Gasteiger charge is -2.12. The number of rotatable bonds is 10. The van der Waals surface area contributed by atoms with E-state index in [2.05, 4.69) is 34.0 Å². The van der Waals surface area contributed by atoms with Gasteiger partial charge in [-0.3, -0.25) is 29.9 Å². The molecule has 10 nitrogen and oxygen atoms in total. The fraction of sp³-hybridized carbons (Fsp3) is 0.440. The Labute approximate surface area is 203 Å². The van der Waals surface area contributed by atoms with Gasteiger partial charge in [0.2, 0.25) is 5.91 Å². The molecule has 0 aliphatic heterocycles. The molecule has 1 aromatic carbocycles. The van der Waals surface area contributed by atoms with Crippen LogP contribution in [0.5, 0.6) is 0 Å². The number of carbonyl (C=O) groups is 2. The van der Waals surface area contributed by atoms with E-state index in [4.69, 9.17) is 5.26 Å². The summed E-state index contributed by atoms with van der Waals surface area (Å²) >= 11 is 0. The van der Waals surface area contributed by atoms with E-state index in [1.807, 2.05) is 13.8 Å². The van der Waals surface area contributed by atoms with Crippen LogP contribution in [-0.4, -0.2) is 31.4 Å². The Balaban J connectivity index is 1.67. The molecular weight excluding hydrogens is 446 g/mol. The molecule has 0 atom stereocenters. The number of aryl methyl sites for hydroxylation is 3. The van der Waals surface area contributed by atoms with Gasteiger partial charge in [-0.15, -0.1) is 0 Å². The van der Waals surface area contributed by atoms with Gasteiger partial charge in [0, 0.05) is 24.0 Å². The van der Waals surface area contributed by atoms with Gasteiger partial charge in [0.1, 0.15) is 0 Å². The highest BCUT2D eigenvalue weighted by atomic mass is 16.2. The molecule has 3 aromatic rings. The molecule has 0 unspecified atom stereocenters. The molecule has 2 aromatic heterocycles. The number of hydrogen-bond acceptors (Lipinski definition) is 6. The maximum Gasteiger partial charge on any atom is 0.290 e. The molecule has 10 heteroatoms. The molecule has 0 fully saturated rings. The summed E-state index contributed by atoms with van der Waals surface area (Å²) in [5, 5.41) is 18.4. The van der Waals surface area contributed by atoms with Gasteiger partial charge in [0.05, 0.1) is 30.1 Å². The Bertz CT molecular complexity index is 1320. The van der Waals surface area contributed by atoms with Gasteiger partial charge in [-0.05, 0) is 38.3 Å². The molecule has 35 heavy (non-hydrogen) atoms. The van der Waals surface area contributed by atoms with Crippen molar-refractivity contribution in [3.8, 4) is 6.07 Å². The molecule has 0 saturated carbocycles. The Morgan fingerprint density at radius 3 is 2.49 bits per heavy atom. The van der Waals surface area contributed by atoms with Crippen molar-refractivity contribution in [3.63, 3.8) is 0 Å². The van der Waals surface area contributed by atoms with Crippen LogP contribution in [0, 0.1) is 25.2 Å². The van der Waals surface area contributed by atoms with Crippen molar-refractivity contribution >= 4 is 22.6 Å². The van der Waals surface area contributed by atoms with E-state index in [1.165, 1.54) is 4.68 Å². The highest BCUT2D eigenvalue weighted by Crippen LogP contribution is 2.16. The predicted molar refractivity (Wildman–Crippen MR) is 131 cm³/mol. The van der Waals surface area contributed by atoms with Crippen LogP contribution in [0.15, 0.2) is 29.1 Å². The van der Waals surface area contributed by atoms with E-state index in [0.717, 1.165) is 36.2 Å². The topological polar surface area (TPSA) is 135 Å². The van der Waals surface area contributed by atoms with E-state index in [9.17, 15) is 14.4 Å². The average molecular weight is 478 g/mol. The molecule has 0 radical (unpaired) electrons. The summed E-state index contributed by atoms with van der Waals surface area (Å²) in [5.41, 5.74) is 7.42. The van der Waals surface area contributed by atoms with Crippen LogP contribution in [0.1, 0.15) is 66.5 Å². The average Bonchev–Trinajstić information content (AvgIpc) is 3.13. The van der Waals surface area contributed by atoms with Gasteiger partial charge in [0.15, 0.2) is 5.69 Å². The minimum absolute atomic E-state index is 0.0856. The highest BCUT2D eigenvalue weighted by Gasteiger charge is 2.18. The van der Waals surface area contributed by atoms with Crippen molar-refractivity contribution < 1.29 is 9.59 Å². The molecule has 0 saturated heterocycles. The van der Waals surface area contributed by atoms with E-state index in [1.54, 1.807) is 28.9 Å². The second-order valence-electron chi connectivity index (χ2n) is 8.41. The van der Waals surface area contributed by atoms with Crippen molar-refractivity contribution in [3.05, 3.63) is 57.3 Å². The van der Waals surface area contributed by atoms with Crippen LogP contribution in [0.3, 0.4) is 0 Å². The summed E-state index contributed by atoms with van der Waals surface area (Å²) < 4.78 is 3.10. The van der Waals surface area contributed by atoms with Crippen molar-refractivity contribution in [2.45, 2.75) is 72.4 Å². The lowest BCUT2D eigenvalue weighted by atomic mass is 10.1. The quantitative estimate of drug-likeness (QED) is 0.340. The minimum Gasteiger partial charge on any atom is -0.273 e. The number of nitriles is 1. The number of hydrogen-bond donors (Lipinski definition) is 2. The third-order valence-corrected chi connectivity index (χ3v) is 5.94. The van der Waals surface area contributed by atoms with Gasteiger partial charge in [0.25, 0.3) is 11.5 Å². The second kappa shape index (κ2) is 11.9. The van der Waals surface area contributed by atoms with Crippen LogP contribution in [-0.2, 0) is 24.3 Å². The SMILES string of the molecule is CCCCCn1nc(C(=O)NNC(=O)CCc2c(C)nn(CCC#N)c2C)c2ccccc2c1=O. The number of aromatic nitrogens is 4. The fourth-order valence-electron chi connectivity index (χ4n) is 4.02. The van der Waals surface area contributed by atoms with Gasteiger partial charge in [-0.25, -0.2) is 4.68 Å². The summed E-state index contributed by atoms with van der Waals surface area (Å²) in [6.45, 7) is 6.79. The first kappa shape index (κ1) is 25.6. The van der Waals surface area contributed by atoms with Crippen molar-refractivity contribution in [2.24, 2.45) is 0 Å². The van der Waals surface area contributed by atoms with Gasteiger partial charge < -0.3 is 0 Å². The summed E-state index contributed by atoms with van der Waals surface area (Å²) in [6.07, 6.45) is 3.70. The fourth-order valence-corrected chi connectivity index (χ4v) is 4.02. The Kier molecular flexibility index (Phi) is 8.73. The van der Waals surface area contributed by atoms with Crippen LogP contribution in [0.2, 0.25) is 0 Å². The molecule has 2 heterocycles. The monoisotopic (exact) mass is 477 g/mol. The van der Waals surface area contributed by atoms with Crippen molar-refractivity contribution in [1.29, 1.82) is 5.26 Å². The minimum atomic E-state index is -0.588. The first-order chi connectivity index (χ1) is 16.9. The van der Waals surface area contributed by atoms with Crippen LogP contribution >= 0.6 is 0 Å². The van der Waals surface area contributed by atoms with Crippen LogP contribution in [0.4, 0.5) is 0 Å². The van der Waals surface area contributed by atoms with Crippen molar-refractivity contribution in [1.82, 2.24) is 30.4 Å². The van der Waals surface area contributed by atoms with E-state index in [0.29, 0.717) is 36.7 Å². The number of unbranched alkanes of at least 4 members (excludes halogenated alkanes) is 2. The zero-order valence-electron chi connectivity index (χ0n) is 20.4. The molecule has 0 spiro atoms. The largest absolute Gasteiger partial charge is 0.290 e. The maximum absolute atomic E-state index is 12.9. The molecular formula is C25H31N7O3. The van der Waals surface area contributed by atoms with E-state index >= 15 is 0 Å². The van der Waals surface area contributed by atoms with Crippen molar-refractivity contribution in [2.75, 3.05) is 0 Å². The predicted octanol–water partition coefficient (Wildman–Crippen LogP) is 2.71. The molecule has 0 aliphatic rings. The highest BCUT2D eigenvalue weighted by molar-refractivity contribution is 6.05. The number of nitrogens with zero attached hydrogens (tertiary/aromatic N) is 5. The summed E-state index contributed by atoms with van der Waals surface area (Å²) in [5.74, 6) is -0.946. The summed E-state index contributed by atoms with van der Waals surface area (Å²) in [6, 6.07) is 8.93. The van der Waals surface area contributed by atoms with E-state index < -0.39 is 5.91 Å². The van der Waals surface area contributed by atoms with Gasteiger partial charge in [-0.1, -0.05) is 38.0 Å². The first-order valence-electron chi connectivity index (χ1n) is 11.9. The molecule has 2 N–H and O–H groups in total. The molecule has 184 valence electrons. The zero-order valence-corrected chi connectivity index (χ0v) is 20.4. The molecule has 3 rings (SSSR count). The number of fused-ring (bicyclic) bond motifs is 1. The maximum atomic E-state index is 12.9. The van der Waals surface area contributed by atoms with E-state index in [-0.39, 0.29) is 23.6 Å². The number of carbonyl (C=O) groups excluding carboxylic acids is 2. The number of benzene rings is 1. The normalized spacial score (nSPS) is 10.8. The zero-order chi connectivity index (χ0) is 25.4. The lowest BCUT2D eigenvalue weighted by Crippen LogP contribution is -2.43. The second-order valence-corrected chi connectivity index (χ2v) is 8.41. The third kappa shape index (κ3) is 6.12. The van der Waals surface area contributed by atoms with Crippen LogP contribution in [0.25, 0.3) is 10.8 Å². The Hall–Kier alpha value is -4.00. The number of amides is 2. The Morgan fingerprint density at radius 1 is 1.03 bits per heavy atom. The van der Waals surface area contributed by atoms with Crippen LogP contribution < -0.4 is 16.4 Å². The molecule has 0 bridgehead atoms. The number of nitrogens with one attached hydrogen (secondary N) is 2. The first-order valence-corrected chi connectivity index (χ1v) is 11.9. The summed E-state index contributed by atoms with van der Waals surface area (Å²) in [7, 11) is 0. The molecule has 0 aliphatic carbocycles. The van der Waals surface area contributed by atoms with Gasteiger partial charge >= 0.3 is 0 Å². The standard InChI is InChI=1S/C25H31N7O3/c1-4-5-8-15-32-25(35)21-11-7-6-10-20(21)23(30-32)24(34)28-27-22(33)13-12-19-17(2)29-31(18(19)3)16-9-14-26/h6-7,10-11H,4-5,8-9,12-13,15-16H2,1-3H3,(H,27,33)(H,28,34).